The van der Waals surface area contributed by atoms with Crippen LogP contribution in [0.3, 0.4) is 0 Å². The molecule has 386 valence electrons. The lowest BCUT2D eigenvalue weighted by Crippen LogP contribution is -2.30. The van der Waals surface area contributed by atoms with E-state index in [1.807, 2.05) is 24.5 Å². The molecular weight excluding hydrogens is 989 g/mol. The van der Waals surface area contributed by atoms with Crippen LogP contribution in [0.4, 0.5) is 34.1 Å². The predicted octanol–water partition coefficient (Wildman–Crippen LogP) is 20.6. The van der Waals surface area contributed by atoms with E-state index in [0.29, 0.717) is 11.8 Å². The summed E-state index contributed by atoms with van der Waals surface area (Å²) >= 11 is 0. The van der Waals surface area contributed by atoms with Gasteiger partial charge in [0, 0.05) is 67.5 Å². The van der Waals surface area contributed by atoms with Gasteiger partial charge in [-0.2, -0.15) is 0 Å². The standard InChI is InChI=1S/C75H54N4O2/c1-45(2)47-25-31-51(32-26-47)78(67-19-9-15-57-55-13-5-7-21-69(55)80-73(57)67)53-35-29-49-23-24-50-30-36-54(79(52-33-27-48(28-34-52)46(3)4)68-20-10-16-58-56-14-6-8-22-70(56)81-74(58)68)44-64(50)75(63(49)43-53)61-37-39-65-59(17-11-41-76-65)71(61)72-60-18-12-42-77-66(60)40-38-62(72)75/h5-46H,1-4H3. The largest absolute Gasteiger partial charge is 0.454 e. The van der Waals surface area contributed by atoms with Crippen LogP contribution in [0, 0.1) is 0 Å². The quantitative estimate of drug-likeness (QED) is 0.151. The molecule has 0 saturated carbocycles. The monoisotopic (exact) mass is 1040 g/mol. The summed E-state index contributed by atoms with van der Waals surface area (Å²) in [4.78, 5) is 14.8. The summed E-state index contributed by atoms with van der Waals surface area (Å²) in [6.45, 7) is 9.01. The van der Waals surface area contributed by atoms with Gasteiger partial charge in [0.05, 0.1) is 27.8 Å². The van der Waals surface area contributed by atoms with Gasteiger partial charge in [0.15, 0.2) is 11.2 Å². The first-order chi connectivity index (χ1) is 39.8. The van der Waals surface area contributed by atoms with Crippen molar-refractivity contribution in [2.75, 3.05) is 9.80 Å². The fraction of sp³-hybridized carbons (Fsp3) is 0.0933. The molecule has 2 aliphatic carbocycles. The molecule has 16 rings (SSSR count). The molecule has 0 bridgehead atoms. The van der Waals surface area contributed by atoms with Crippen molar-refractivity contribution >= 4 is 112 Å². The van der Waals surface area contributed by atoms with Crippen LogP contribution >= 0.6 is 0 Å². The lowest BCUT2D eigenvalue weighted by molar-refractivity contribution is 0.668. The first kappa shape index (κ1) is 47.0. The number of para-hydroxylation sites is 4. The number of anilines is 6. The van der Waals surface area contributed by atoms with Crippen LogP contribution in [0.5, 0.6) is 0 Å². The summed E-state index contributed by atoms with van der Waals surface area (Å²) < 4.78 is 13.8. The van der Waals surface area contributed by atoms with E-state index in [0.717, 1.165) is 122 Å². The molecule has 14 aromatic rings. The lowest BCUT2D eigenvalue weighted by Gasteiger charge is -2.37. The summed E-state index contributed by atoms with van der Waals surface area (Å²) in [6, 6.07) is 80.0. The Balaban J connectivity index is 1.02. The second kappa shape index (κ2) is 18.0. The van der Waals surface area contributed by atoms with Gasteiger partial charge in [-0.1, -0.05) is 161 Å². The molecular formula is C75H54N4O2. The van der Waals surface area contributed by atoms with Gasteiger partial charge in [-0.3, -0.25) is 9.97 Å². The molecule has 10 aromatic carbocycles. The fourth-order valence-electron chi connectivity index (χ4n) is 13.5. The summed E-state index contributed by atoms with van der Waals surface area (Å²) in [6.07, 6.45) is 8.46. The molecule has 0 amide bonds. The third-order valence-corrected chi connectivity index (χ3v) is 17.4. The maximum atomic E-state index is 6.91. The van der Waals surface area contributed by atoms with Crippen LogP contribution in [0.1, 0.15) is 84.0 Å². The molecule has 0 atom stereocenters. The fourth-order valence-corrected chi connectivity index (χ4v) is 13.5. The lowest BCUT2D eigenvalue weighted by atomic mass is 9.65. The van der Waals surface area contributed by atoms with Crippen molar-refractivity contribution in [3.05, 3.63) is 275 Å². The van der Waals surface area contributed by atoms with Crippen LogP contribution in [0.25, 0.3) is 89.0 Å². The number of aromatic nitrogens is 2. The minimum absolute atomic E-state index is 0.373. The zero-order valence-corrected chi connectivity index (χ0v) is 45.4. The van der Waals surface area contributed by atoms with Crippen molar-refractivity contribution in [2.24, 2.45) is 0 Å². The Morgan fingerprint density at radius 1 is 0.358 bits per heavy atom. The van der Waals surface area contributed by atoms with Crippen molar-refractivity contribution < 1.29 is 8.83 Å². The van der Waals surface area contributed by atoms with E-state index in [1.54, 1.807) is 0 Å². The van der Waals surface area contributed by atoms with E-state index >= 15 is 0 Å². The predicted molar refractivity (Wildman–Crippen MR) is 335 cm³/mol. The molecule has 2 aliphatic rings. The zero-order chi connectivity index (χ0) is 54.1. The highest BCUT2D eigenvalue weighted by Gasteiger charge is 2.50. The van der Waals surface area contributed by atoms with E-state index < -0.39 is 5.41 Å². The molecule has 0 unspecified atom stereocenters. The molecule has 0 saturated heterocycles. The van der Waals surface area contributed by atoms with Crippen LogP contribution in [-0.2, 0) is 5.41 Å². The maximum Gasteiger partial charge on any atom is 0.159 e. The summed E-state index contributed by atoms with van der Waals surface area (Å²) in [5.41, 5.74) is 22.2. The number of furan rings is 2. The van der Waals surface area contributed by atoms with E-state index in [9.17, 15) is 0 Å². The highest BCUT2D eigenvalue weighted by molar-refractivity contribution is 6.14. The third kappa shape index (κ3) is 6.99. The summed E-state index contributed by atoms with van der Waals surface area (Å²) in [7, 11) is 0. The molecule has 0 fully saturated rings. The van der Waals surface area contributed by atoms with Gasteiger partial charge in [-0.05, 0) is 165 Å². The van der Waals surface area contributed by atoms with Crippen molar-refractivity contribution in [3.63, 3.8) is 0 Å². The molecule has 4 heterocycles. The van der Waals surface area contributed by atoms with Crippen LogP contribution in [-0.4, -0.2) is 9.97 Å². The molecule has 1 spiro atoms. The third-order valence-electron chi connectivity index (χ3n) is 17.4. The van der Waals surface area contributed by atoms with Crippen molar-refractivity contribution in [1.29, 1.82) is 0 Å². The van der Waals surface area contributed by atoms with Gasteiger partial charge in [0.1, 0.15) is 11.2 Å². The molecule has 0 radical (unpaired) electrons. The summed E-state index contributed by atoms with van der Waals surface area (Å²) in [5, 5.41) is 6.53. The highest BCUT2D eigenvalue weighted by Crippen LogP contribution is 2.62. The van der Waals surface area contributed by atoms with Gasteiger partial charge in [-0.25, -0.2) is 0 Å². The Bertz CT molecular complexity index is 4600. The average Bonchev–Trinajstić information content (AvgIpc) is 2.31. The molecule has 81 heavy (non-hydrogen) atoms. The number of nitrogens with zero attached hydrogens (tertiary/aromatic N) is 4. The second-order valence-electron chi connectivity index (χ2n) is 22.4. The van der Waals surface area contributed by atoms with E-state index in [1.165, 1.54) is 33.4 Å². The normalized spacial score (nSPS) is 13.2. The SMILES string of the molecule is CC(C)c1ccc(N(c2ccc3c(c2)C2(c4cc(N(c5ccc(C(C)C)cc5)c5cccc6c5oc5ccccc56)ccc4C=C3)c3ccc4ncccc4c3-c3c2ccc2ncccc32)c2cccc3c2oc2ccccc23)cc1. The van der Waals surface area contributed by atoms with Gasteiger partial charge in [0.2, 0.25) is 0 Å². The number of hydrogen-bond acceptors (Lipinski definition) is 6. The second-order valence-corrected chi connectivity index (χ2v) is 22.4. The topological polar surface area (TPSA) is 58.5 Å². The van der Waals surface area contributed by atoms with Crippen LogP contribution in [0.15, 0.2) is 240 Å². The number of rotatable bonds is 8. The van der Waals surface area contributed by atoms with E-state index in [2.05, 4.69) is 256 Å². The Morgan fingerprint density at radius 3 is 1.21 bits per heavy atom. The van der Waals surface area contributed by atoms with E-state index in [-0.39, 0.29) is 0 Å². The molecule has 4 aromatic heterocycles. The maximum absolute atomic E-state index is 6.91. The Labute approximate surface area is 469 Å². The van der Waals surface area contributed by atoms with Gasteiger partial charge in [0.25, 0.3) is 0 Å². The smallest absolute Gasteiger partial charge is 0.159 e. The Hall–Kier alpha value is -10.0. The van der Waals surface area contributed by atoms with Crippen LogP contribution < -0.4 is 9.80 Å². The van der Waals surface area contributed by atoms with Crippen LogP contribution in [0.2, 0.25) is 0 Å². The first-order valence-electron chi connectivity index (χ1n) is 28.2. The number of fused-ring (bicyclic) bond motifs is 19. The van der Waals surface area contributed by atoms with Crippen molar-refractivity contribution in [3.8, 4) is 11.1 Å². The van der Waals surface area contributed by atoms with Crippen molar-refractivity contribution in [1.82, 2.24) is 9.97 Å². The highest BCUT2D eigenvalue weighted by atomic mass is 16.3. The Kier molecular flexibility index (Phi) is 10.4. The molecule has 0 N–H and O–H groups in total. The van der Waals surface area contributed by atoms with Gasteiger partial charge in [-0.15, -0.1) is 0 Å². The molecule has 6 heteroatoms. The van der Waals surface area contributed by atoms with Gasteiger partial charge >= 0.3 is 0 Å². The number of pyridine rings is 2. The molecule has 0 aliphatic heterocycles. The van der Waals surface area contributed by atoms with Gasteiger partial charge < -0.3 is 18.6 Å². The minimum atomic E-state index is -0.893. The van der Waals surface area contributed by atoms with E-state index in [4.69, 9.17) is 18.8 Å². The minimum Gasteiger partial charge on any atom is -0.454 e. The number of benzene rings is 10. The number of hydrogen-bond donors (Lipinski definition) is 0. The van der Waals surface area contributed by atoms with Crippen molar-refractivity contribution in [2.45, 2.75) is 44.9 Å². The Morgan fingerprint density at radius 2 is 0.765 bits per heavy atom. The summed E-state index contributed by atoms with van der Waals surface area (Å²) in [5.74, 6) is 0.745. The molecule has 6 nitrogen and oxygen atoms in total. The average molecular weight is 1040 g/mol. The first-order valence-corrected chi connectivity index (χ1v) is 28.2. The zero-order valence-electron chi connectivity index (χ0n) is 45.4.